The molecule has 0 aliphatic carbocycles. The van der Waals surface area contributed by atoms with Crippen LogP contribution < -0.4 is 0 Å². The minimum absolute atomic E-state index is 0.175. The second-order valence-electron chi connectivity index (χ2n) is 3.92. The lowest BCUT2D eigenvalue weighted by Crippen LogP contribution is -2.00. The summed E-state index contributed by atoms with van der Waals surface area (Å²) in [5, 5.41) is 3.01. The molecule has 0 radical (unpaired) electrons. The lowest BCUT2D eigenvalue weighted by atomic mass is 10.2. The maximum Gasteiger partial charge on any atom is 0.305 e. The number of halogens is 1. The van der Waals surface area contributed by atoms with Crippen molar-refractivity contribution in [3.63, 3.8) is 0 Å². The van der Waals surface area contributed by atoms with Crippen LogP contribution in [0.1, 0.15) is 17.8 Å². The molecule has 100 valence electrons. The monoisotopic (exact) mass is 340 g/mol. The van der Waals surface area contributed by atoms with Crippen LogP contribution in [-0.2, 0) is 16.0 Å². The van der Waals surface area contributed by atoms with Crippen LogP contribution in [0.2, 0.25) is 0 Å². The number of hydrogen-bond acceptors (Lipinski definition) is 5. The second kappa shape index (κ2) is 6.77. The molecule has 0 amide bonds. The number of ether oxygens (including phenoxy) is 1. The SMILES string of the molecule is COC(=O)CCCc1nc(-c2ccc(Br)cn2)cs1. The molecule has 0 atom stereocenters. The van der Waals surface area contributed by atoms with Crippen molar-refractivity contribution in [1.29, 1.82) is 0 Å². The van der Waals surface area contributed by atoms with Crippen molar-refractivity contribution in [2.24, 2.45) is 0 Å². The number of aromatic nitrogens is 2. The molecular formula is C13H13BrN2O2S. The molecule has 2 aromatic heterocycles. The first-order valence-electron chi connectivity index (χ1n) is 5.82. The molecule has 2 aromatic rings. The van der Waals surface area contributed by atoms with Crippen molar-refractivity contribution in [2.75, 3.05) is 7.11 Å². The van der Waals surface area contributed by atoms with Gasteiger partial charge in [0, 0.05) is 22.5 Å². The Morgan fingerprint density at radius 3 is 2.95 bits per heavy atom. The zero-order chi connectivity index (χ0) is 13.7. The lowest BCUT2D eigenvalue weighted by molar-refractivity contribution is -0.140. The van der Waals surface area contributed by atoms with Crippen LogP contribution in [0.3, 0.4) is 0 Å². The molecule has 0 aromatic carbocycles. The number of methoxy groups -OCH3 is 1. The van der Waals surface area contributed by atoms with Crippen molar-refractivity contribution in [2.45, 2.75) is 19.3 Å². The highest BCUT2D eigenvalue weighted by Crippen LogP contribution is 2.22. The highest BCUT2D eigenvalue weighted by atomic mass is 79.9. The standard InChI is InChI=1S/C13H13BrN2O2S/c1-18-13(17)4-2-3-12-16-11(8-19-12)10-6-5-9(14)7-15-10/h5-8H,2-4H2,1H3. The van der Waals surface area contributed by atoms with Gasteiger partial charge in [0.2, 0.25) is 0 Å². The number of rotatable bonds is 5. The molecule has 0 aliphatic heterocycles. The van der Waals surface area contributed by atoms with Crippen LogP contribution >= 0.6 is 27.3 Å². The summed E-state index contributed by atoms with van der Waals surface area (Å²) in [7, 11) is 1.41. The van der Waals surface area contributed by atoms with Gasteiger partial charge in [0.25, 0.3) is 0 Å². The molecule has 0 spiro atoms. The molecule has 0 saturated carbocycles. The predicted molar refractivity (Wildman–Crippen MR) is 78.0 cm³/mol. The summed E-state index contributed by atoms with van der Waals surface area (Å²) >= 11 is 4.95. The minimum atomic E-state index is -0.175. The Labute approximate surface area is 124 Å². The van der Waals surface area contributed by atoms with E-state index in [4.69, 9.17) is 0 Å². The van der Waals surface area contributed by atoms with E-state index in [1.807, 2.05) is 17.5 Å². The molecule has 0 saturated heterocycles. The highest BCUT2D eigenvalue weighted by Gasteiger charge is 2.07. The Kier molecular flexibility index (Phi) is 5.04. The van der Waals surface area contributed by atoms with Crippen LogP contribution in [0.5, 0.6) is 0 Å². The first-order chi connectivity index (χ1) is 9.19. The Hall–Kier alpha value is -1.27. The van der Waals surface area contributed by atoms with Gasteiger partial charge in [-0.15, -0.1) is 11.3 Å². The van der Waals surface area contributed by atoms with Gasteiger partial charge in [-0.3, -0.25) is 9.78 Å². The average Bonchev–Trinajstić information content (AvgIpc) is 2.88. The van der Waals surface area contributed by atoms with E-state index in [2.05, 4.69) is 30.6 Å². The minimum Gasteiger partial charge on any atom is -0.469 e. The Morgan fingerprint density at radius 2 is 2.26 bits per heavy atom. The number of carbonyl (C=O) groups is 1. The maximum atomic E-state index is 11.0. The smallest absolute Gasteiger partial charge is 0.305 e. The van der Waals surface area contributed by atoms with Crippen molar-refractivity contribution < 1.29 is 9.53 Å². The van der Waals surface area contributed by atoms with Crippen molar-refractivity contribution in [3.05, 3.63) is 33.2 Å². The summed E-state index contributed by atoms with van der Waals surface area (Å²) < 4.78 is 5.55. The van der Waals surface area contributed by atoms with Crippen LogP contribution in [-0.4, -0.2) is 23.0 Å². The van der Waals surface area contributed by atoms with Crippen LogP contribution in [0.15, 0.2) is 28.2 Å². The zero-order valence-corrected chi connectivity index (χ0v) is 12.8. The Balaban J connectivity index is 1.95. The van der Waals surface area contributed by atoms with Gasteiger partial charge in [-0.2, -0.15) is 0 Å². The fraction of sp³-hybridized carbons (Fsp3) is 0.308. The predicted octanol–water partition coefficient (Wildman–Crippen LogP) is 3.46. The molecule has 19 heavy (non-hydrogen) atoms. The summed E-state index contributed by atoms with van der Waals surface area (Å²) in [5.41, 5.74) is 1.74. The van der Waals surface area contributed by atoms with Gasteiger partial charge >= 0.3 is 5.97 Å². The van der Waals surface area contributed by atoms with E-state index in [1.54, 1.807) is 17.5 Å². The fourth-order valence-electron chi connectivity index (χ4n) is 1.56. The van der Waals surface area contributed by atoms with Crippen molar-refractivity contribution >= 4 is 33.2 Å². The molecule has 0 aliphatic rings. The molecule has 0 bridgehead atoms. The van der Waals surface area contributed by atoms with Crippen molar-refractivity contribution in [1.82, 2.24) is 9.97 Å². The topological polar surface area (TPSA) is 52.1 Å². The summed E-state index contributed by atoms with van der Waals surface area (Å²) in [6.45, 7) is 0. The van der Waals surface area contributed by atoms with Gasteiger partial charge in [-0.25, -0.2) is 4.98 Å². The van der Waals surface area contributed by atoms with E-state index in [9.17, 15) is 4.79 Å². The van der Waals surface area contributed by atoms with Gasteiger partial charge in [0.15, 0.2) is 0 Å². The lowest BCUT2D eigenvalue weighted by Gasteiger charge is -1.97. The molecule has 0 unspecified atom stereocenters. The van der Waals surface area contributed by atoms with Gasteiger partial charge < -0.3 is 4.74 Å². The highest BCUT2D eigenvalue weighted by molar-refractivity contribution is 9.10. The fourth-order valence-corrected chi connectivity index (χ4v) is 2.63. The molecule has 2 rings (SSSR count). The van der Waals surface area contributed by atoms with Gasteiger partial charge in [-0.1, -0.05) is 0 Å². The molecular weight excluding hydrogens is 328 g/mol. The molecule has 0 N–H and O–H groups in total. The zero-order valence-electron chi connectivity index (χ0n) is 10.4. The van der Waals surface area contributed by atoms with Crippen molar-refractivity contribution in [3.8, 4) is 11.4 Å². The van der Waals surface area contributed by atoms with Crippen LogP contribution in [0, 0.1) is 0 Å². The van der Waals surface area contributed by atoms with E-state index in [1.165, 1.54) is 7.11 Å². The van der Waals surface area contributed by atoms with Crippen LogP contribution in [0.25, 0.3) is 11.4 Å². The number of thiazole rings is 1. The summed E-state index contributed by atoms with van der Waals surface area (Å²) in [4.78, 5) is 19.8. The number of pyridine rings is 1. The summed E-state index contributed by atoms with van der Waals surface area (Å²) in [5.74, 6) is -0.175. The number of hydrogen-bond donors (Lipinski definition) is 0. The number of carbonyl (C=O) groups excluding carboxylic acids is 1. The largest absolute Gasteiger partial charge is 0.469 e. The number of aryl methyl sites for hydroxylation is 1. The van der Waals surface area contributed by atoms with Crippen LogP contribution in [0.4, 0.5) is 0 Å². The van der Waals surface area contributed by atoms with Gasteiger partial charge in [0.1, 0.15) is 0 Å². The summed E-state index contributed by atoms with van der Waals surface area (Å²) in [6.07, 6.45) is 3.73. The first-order valence-corrected chi connectivity index (χ1v) is 7.49. The normalized spacial score (nSPS) is 10.4. The molecule has 6 heteroatoms. The molecule has 0 fully saturated rings. The number of nitrogens with zero attached hydrogens (tertiary/aromatic N) is 2. The average molecular weight is 341 g/mol. The third-order valence-corrected chi connectivity index (χ3v) is 3.92. The van der Waals surface area contributed by atoms with E-state index >= 15 is 0 Å². The quantitative estimate of drug-likeness (QED) is 0.782. The van der Waals surface area contributed by atoms with Gasteiger partial charge in [-0.05, 0) is 40.9 Å². The summed E-state index contributed by atoms with van der Waals surface area (Å²) in [6, 6.07) is 3.87. The molecule has 2 heterocycles. The maximum absolute atomic E-state index is 11.0. The van der Waals surface area contributed by atoms with E-state index in [0.717, 1.165) is 33.7 Å². The Bertz CT molecular complexity index is 554. The van der Waals surface area contributed by atoms with Gasteiger partial charge in [0.05, 0.1) is 23.5 Å². The van der Waals surface area contributed by atoms with E-state index in [-0.39, 0.29) is 5.97 Å². The second-order valence-corrected chi connectivity index (χ2v) is 5.78. The third kappa shape index (κ3) is 4.11. The Morgan fingerprint density at radius 1 is 1.42 bits per heavy atom. The van der Waals surface area contributed by atoms with E-state index < -0.39 is 0 Å². The molecule has 4 nitrogen and oxygen atoms in total. The first kappa shape index (κ1) is 14.1. The third-order valence-electron chi connectivity index (χ3n) is 2.54. The van der Waals surface area contributed by atoms with E-state index in [0.29, 0.717) is 6.42 Å². The number of esters is 1.